The van der Waals surface area contributed by atoms with Gasteiger partial charge in [-0.3, -0.25) is 13.9 Å². The van der Waals surface area contributed by atoms with Crippen molar-refractivity contribution in [1.82, 2.24) is 10.2 Å². The van der Waals surface area contributed by atoms with E-state index in [1.807, 2.05) is 49.4 Å². The van der Waals surface area contributed by atoms with Crippen LogP contribution in [0.1, 0.15) is 54.4 Å². The number of halogens is 2. The number of carbonyl (C=O) groups is 2. The molecule has 4 aromatic rings. The maximum Gasteiger partial charge on any atom is 0.264 e. The number of carbonyl (C=O) groups excluding carboxylic acids is 2. The van der Waals surface area contributed by atoms with E-state index in [0.29, 0.717) is 15.6 Å². The van der Waals surface area contributed by atoms with Crippen molar-refractivity contribution in [2.24, 2.45) is 0 Å². The summed E-state index contributed by atoms with van der Waals surface area (Å²) in [6, 6.07) is 27.2. The van der Waals surface area contributed by atoms with E-state index >= 15 is 0 Å². The second-order valence-electron chi connectivity index (χ2n) is 12.5. The van der Waals surface area contributed by atoms with Crippen LogP contribution in [0.2, 0.25) is 10.0 Å². The highest BCUT2D eigenvalue weighted by Crippen LogP contribution is 2.30. The Morgan fingerprint density at radius 1 is 0.812 bits per heavy atom. The highest BCUT2D eigenvalue weighted by atomic mass is 35.5. The number of benzene rings is 4. The number of hydrogen-bond donors (Lipinski definition) is 1. The molecular weight excluding hydrogens is 665 g/mol. The van der Waals surface area contributed by atoms with E-state index in [1.54, 1.807) is 49.4 Å². The number of amides is 2. The van der Waals surface area contributed by atoms with Gasteiger partial charge in [-0.25, -0.2) is 8.42 Å². The van der Waals surface area contributed by atoms with Gasteiger partial charge in [0.1, 0.15) is 12.6 Å². The molecule has 4 aromatic carbocycles. The van der Waals surface area contributed by atoms with Gasteiger partial charge in [0.2, 0.25) is 11.8 Å². The summed E-state index contributed by atoms with van der Waals surface area (Å²) in [5.74, 6) is -0.792. The predicted octanol–water partition coefficient (Wildman–Crippen LogP) is 7.89. The lowest BCUT2D eigenvalue weighted by atomic mass is 9.94. The summed E-state index contributed by atoms with van der Waals surface area (Å²) in [5, 5.41) is 4.10. The molecule has 1 aliphatic carbocycles. The van der Waals surface area contributed by atoms with Gasteiger partial charge in [-0.15, -0.1) is 0 Å². The maximum absolute atomic E-state index is 14.7. The predicted molar refractivity (Wildman–Crippen MR) is 193 cm³/mol. The Morgan fingerprint density at radius 3 is 2.12 bits per heavy atom. The Bertz CT molecular complexity index is 1810. The molecule has 7 nitrogen and oxygen atoms in total. The van der Waals surface area contributed by atoms with E-state index in [1.165, 1.54) is 17.0 Å². The summed E-state index contributed by atoms with van der Waals surface area (Å²) < 4.78 is 29.8. The molecule has 252 valence electrons. The zero-order valence-corrected chi connectivity index (χ0v) is 29.6. The molecule has 1 aliphatic rings. The molecule has 48 heavy (non-hydrogen) atoms. The van der Waals surface area contributed by atoms with Crippen LogP contribution in [0.15, 0.2) is 102 Å². The third-order valence-corrected chi connectivity index (χ3v) is 11.1. The van der Waals surface area contributed by atoms with Crippen LogP contribution in [0.25, 0.3) is 0 Å². The highest BCUT2D eigenvalue weighted by molar-refractivity contribution is 7.92. The maximum atomic E-state index is 14.7. The standard InChI is InChI=1S/C38H41Cl2N3O4S/c1-27-13-21-34(22-14-27)48(46,47)43(35-24-32(40)18-15-28(35)2)26-37(44)42(25-30-16-19-31(39)20-17-30)36(23-29-9-5-3-6-10-29)38(45)41-33-11-7-4-8-12-33/h3,5-6,9-10,13-22,24,33,36H,4,7-8,11-12,23,25-26H2,1-2H3,(H,41,45)/t36-/m0/s1. The molecule has 1 atom stereocenters. The van der Waals surface area contributed by atoms with Gasteiger partial charge in [0.05, 0.1) is 10.6 Å². The lowest BCUT2D eigenvalue weighted by Gasteiger charge is -2.35. The SMILES string of the molecule is Cc1ccc(S(=O)(=O)N(CC(=O)N(Cc2ccc(Cl)cc2)[C@@H](Cc2ccccc2)C(=O)NC2CCCCC2)c2cc(Cl)ccc2C)cc1. The van der Waals surface area contributed by atoms with E-state index < -0.39 is 28.5 Å². The van der Waals surface area contributed by atoms with Crippen molar-refractivity contribution in [2.45, 2.75) is 75.9 Å². The Morgan fingerprint density at radius 2 is 1.46 bits per heavy atom. The minimum atomic E-state index is -4.24. The monoisotopic (exact) mass is 705 g/mol. The smallest absolute Gasteiger partial charge is 0.264 e. The first-order chi connectivity index (χ1) is 23.0. The molecule has 0 saturated heterocycles. The summed E-state index contributed by atoms with van der Waals surface area (Å²) in [4.78, 5) is 30.5. The third kappa shape index (κ3) is 8.98. The van der Waals surface area contributed by atoms with Gasteiger partial charge in [-0.2, -0.15) is 0 Å². The fourth-order valence-electron chi connectivity index (χ4n) is 6.09. The summed E-state index contributed by atoms with van der Waals surface area (Å²) in [5.41, 5.74) is 3.45. The summed E-state index contributed by atoms with van der Waals surface area (Å²) in [7, 11) is -4.24. The van der Waals surface area contributed by atoms with Crippen LogP contribution < -0.4 is 9.62 Å². The first-order valence-electron chi connectivity index (χ1n) is 16.2. The molecule has 0 bridgehead atoms. The normalized spacial score (nSPS) is 14.2. The van der Waals surface area contributed by atoms with Gasteiger partial charge in [-0.1, -0.05) is 109 Å². The van der Waals surface area contributed by atoms with Crippen LogP contribution in [0.3, 0.4) is 0 Å². The first-order valence-corrected chi connectivity index (χ1v) is 18.4. The lowest BCUT2D eigenvalue weighted by Crippen LogP contribution is -2.55. The molecule has 0 unspecified atom stereocenters. The van der Waals surface area contributed by atoms with Crippen LogP contribution in [0, 0.1) is 13.8 Å². The summed E-state index contributed by atoms with van der Waals surface area (Å²) in [6.07, 6.45) is 5.21. The van der Waals surface area contributed by atoms with E-state index in [-0.39, 0.29) is 35.5 Å². The second-order valence-corrected chi connectivity index (χ2v) is 15.2. The number of rotatable bonds is 12. The minimum absolute atomic E-state index is 0.0181. The zero-order chi connectivity index (χ0) is 34.3. The Hall–Kier alpha value is -3.85. The molecule has 1 saturated carbocycles. The van der Waals surface area contributed by atoms with Crippen molar-refractivity contribution in [2.75, 3.05) is 10.8 Å². The molecule has 0 aromatic heterocycles. The number of aryl methyl sites for hydroxylation is 2. The quantitative estimate of drug-likeness (QED) is 0.162. The van der Waals surface area contributed by atoms with Crippen molar-refractivity contribution >= 4 is 50.7 Å². The van der Waals surface area contributed by atoms with Gasteiger partial charge < -0.3 is 10.2 Å². The summed E-state index contributed by atoms with van der Waals surface area (Å²) in [6.45, 7) is 3.17. The number of nitrogens with zero attached hydrogens (tertiary/aromatic N) is 2. The first kappa shape index (κ1) is 35.5. The van der Waals surface area contributed by atoms with Crippen molar-refractivity contribution in [3.63, 3.8) is 0 Å². The van der Waals surface area contributed by atoms with Gasteiger partial charge in [0, 0.05) is 29.1 Å². The second kappa shape index (κ2) is 16.0. The minimum Gasteiger partial charge on any atom is -0.352 e. The van der Waals surface area contributed by atoms with Crippen LogP contribution in [0.4, 0.5) is 5.69 Å². The topological polar surface area (TPSA) is 86.8 Å². The summed E-state index contributed by atoms with van der Waals surface area (Å²) >= 11 is 12.6. The molecule has 2 amide bonds. The molecule has 5 rings (SSSR count). The molecular formula is C38H41Cl2N3O4S. The Labute approximate surface area is 293 Å². The molecule has 1 N–H and O–H groups in total. The Balaban J connectivity index is 1.58. The molecule has 0 radical (unpaired) electrons. The van der Waals surface area contributed by atoms with Crippen molar-refractivity contribution in [3.8, 4) is 0 Å². The number of hydrogen-bond acceptors (Lipinski definition) is 4. The molecule has 10 heteroatoms. The fourth-order valence-corrected chi connectivity index (χ4v) is 7.85. The van der Waals surface area contributed by atoms with Crippen molar-refractivity contribution in [1.29, 1.82) is 0 Å². The van der Waals surface area contributed by atoms with E-state index in [9.17, 15) is 18.0 Å². The highest BCUT2D eigenvalue weighted by Gasteiger charge is 2.36. The van der Waals surface area contributed by atoms with Gasteiger partial charge in [0.25, 0.3) is 10.0 Å². The number of sulfonamides is 1. The average Bonchev–Trinajstić information content (AvgIpc) is 3.08. The van der Waals surface area contributed by atoms with E-state index in [4.69, 9.17) is 23.2 Å². The van der Waals surface area contributed by atoms with E-state index in [0.717, 1.165) is 53.1 Å². The third-order valence-electron chi connectivity index (χ3n) is 8.82. The number of nitrogens with one attached hydrogen (secondary N) is 1. The number of anilines is 1. The van der Waals surface area contributed by atoms with Gasteiger partial charge in [-0.05, 0) is 79.8 Å². The molecule has 1 fully saturated rings. The zero-order valence-electron chi connectivity index (χ0n) is 27.2. The van der Waals surface area contributed by atoms with Crippen LogP contribution >= 0.6 is 23.2 Å². The fraction of sp³-hybridized carbons (Fsp3) is 0.316. The lowest BCUT2D eigenvalue weighted by molar-refractivity contribution is -0.140. The van der Waals surface area contributed by atoms with Crippen LogP contribution in [-0.2, 0) is 32.6 Å². The van der Waals surface area contributed by atoms with Crippen molar-refractivity contribution < 1.29 is 18.0 Å². The molecule has 0 heterocycles. The average molecular weight is 707 g/mol. The van der Waals surface area contributed by atoms with E-state index in [2.05, 4.69) is 5.32 Å². The van der Waals surface area contributed by atoms with Crippen LogP contribution in [-0.4, -0.2) is 43.8 Å². The largest absolute Gasteiger partial charge is 0.352 e. The van der Waals surface area contributed by atoms with Crippen LogP contribution in [0.5, 0.6) is 0 Å². The van der Waals surface area contributed by atoms with Gasteiger partial charge in [0.15, 0.2) is 0 Å². The molecule has 0 aliphatic heterocycles. The molecule has 0 spiro atoms. The van der Waals surface area contributed by atoms with Crippen molar-refractivity contribution in [3.05, 3.63) is 129 Å². The Kier molecular flexibility index (Phi) is 11.8. The van der Waals surface area contributed by atoms with Gasteiger partial charge >= 0.3 is 0 Å².